The van der Waals surface area contributed by atoms with Crippen molar-refractivity contribution in [3.63, 3.8) is 0 Å². The molecule has 0 aromatic heterocycles. The van der Waals surface area contributed by atoms with Gasteiger partial charge in [-0.3, -0.25) is 4.79 Å². The zero-order valence-corrected chi connectivity index (χ0v) is 19.9. The number of hydrogen-bond donors (Lipinski definition) is 8. The van der Waals surface area contributed by atoms with E-state index < -0.39 is 98.6 Å². The lowest BCUT2D eigenvalue weighted by Gasteiger charge is -2.43. The zero-order valence-electron chi connectivity index (χ0n) is 19.9. The first-order chi connectivity index (χ1) is 17.4. The summed E-state index contributed by atoms with van der Waals surface area (Å²) in [7, 11) is 0. The van der Waals surface area contributed by atoms with Crippen molar-refractivity contribution in [2.24, 2.45) is 5.92 Å². The van der Waals surface area contributed by atoms with Crippen LogP contribution in [0.2, 0.25) is 0 Å². The minimum Gasteiger partial charge on any atom is -0.481 e. The third-order valence-corrected chi connectivity index (χ3v) is 6.49. The second-order valence-corrected chi connectivity index (χ2v) is 8.95. The summed E-state index contributed by atoms with van der Waals surface area (Å²) < 4.78 is 27.2. The van der Waals surface area contributed by atoms with Crippen LogP contribution in [0.1, 0.15) is 20.3 Å². The lowest BCUT2D eigenvalue weighted by Crippen LogP contribution is -2.61. The molecular formula is C22H32O15. The van der Waals surface area contributed by atoms with Gasteiger partial charge in [-0.1, -0.05) is 6.08 Å². The molecule has 0 unspecified atom stereocenters. The van der Waals surface area contributed by atoms with Gasteiger partial charge in [-0.05, 0) is 13.8 Å². The summed E-state index contributed by atoms with van der Waals surface area (Å²) in [6.07, 6.45) is -14.9. The molecule has 3 aliphatic rings. The Bertz CT molecular complexity index is 889. The number of ether oxygens (including phenoxy) is 5. The number of carbonyl (C=O) groups is 2. The highest BCUT2D eigenvalue weighted by molar-refractivity contribution is 5.89. The van der Waals surface area contributed by atoms with E-state index in [1.165, 1.54) is 19.9 Å². The molecule has 0 aromatic carbocycles. The summed E-state index contributed by atoms with van der Waals surface area (Å²) in [5, 5.41) is 79.6. The number of aliphatic carboxylic acids is 2. The van der Waals surface area contributed by atoms with E-state index in [0.29, 0.717) is 0 Å². The number of hydrogen-bond acceptors (Lipinski definition) is 13. The molecule has 0 amide bonds. The molecule has 3 rings (SSSR count). The van der Waals surface area contributed by atoms with E-state index in [4.69, 9.17) is 23.7 Å². The molecule has 3 heterocycles. The standard InChI is InChI=1S/C22H32O15/c1-3-8-9(4-12(23)24)10(19(31)32)5-33-20(8)37-22-18(30)16(28)14(26)11(36-22)6-34-21-17(29)15(27)13(25)7(2)35-21/h3,5,7,9,11,13-18,20-22,25-30H,4,6H2,1-2H3,(H,23,24)(H,31,32)/b8-3+/t7-,9+,11-,13-,14-,15+,16+,17+,18-,20+,21-,22+/m1/s1. The van der Waals surface area contributed by atoms with Crippen LogP contribution < -0.4 is 0 Å². The third-order valence-electron chi connectivity index (χ3n) is 6.49. The van der Waals surface area contributed by atoms with Crippen LogP contribution in [0.3, 0.4) is 0 Å². The van der Waals surface area contributed by atoms with E-state index in [0.717, 1.165) is 6.26 Å². The molecular weight excluding hydrogens is 504 g/mol. The Morgan fingerprint density at radius 1 is 0.919 bits per heavy atom. The number of aliphatic hydroxyl groups is 6. The SMILES string of the molecule is C/C=C1/[C@H](O[C@@H]2O[C@H](CO[C@@H]3O[C@H](C)[C@@H](O)[C@H](O)[C@@H]3O)[C@@H](O)[C@H](O)[C@H]2O)OC=C(C(=O)O)[C@H]1CC(=O)O. The van der Waals surface area contributed by atoms with Crippen LogP contribution in [0.4, 0.5) is 0 Å². The summed E-state index contributed by atoms with van der Waals surface area (Å²) in [6, 6.07) is 0. The van der Waals surface area contributed by atoms with Crippen LogP contribution in [0.25, 0.3) is 0 Å². The van der Waals surface area contributed by atoms with Gasteiger partial charge in [0.05, 0.1) is 31.0 Å². The van der Waals surface area contributed by atoms with Gasteiger partial charge in [0.1, 0.15) is 42.7 Å². The first kappa shape index (κ1) is 29.4. The summed E-state index contributed by atoms with van der Waals surface area (Å²) in [5.41, 5.74) is -0.207. The van der Waals surface area contributed by atoms with E-state index >= 15 is 0 Å². The monoisotopic (exact) mass is 536 g/mol. The molecule has 0 aliphatic carbocycles. The highest BCUT2D eigenvalue weighted by atomic mass is 16.8. The minimum atomic E-state index is -1.80. The average Bonchev–Trinajstić information content (AvgIpc) is 2.84. The molecule has 8 N–H and O–H groups in total. The summed E-state index contributed by atoms with van der Waals surface area (Å²) in [4.78, 5) is 22.9. The van der Waals surface area contributed by atoms with Crippen molar-refractivity contribution in [2.45, 2.75) is 88.0 Å². The van der Waals surface area contributed by atoms with Gasteiger partial charge in [0.25, 0.3) is 0 Å². The summed E-state index contributed by atoms with van der Waals surface area (Å²) >= 11 is 0. The van der Waals surface area contributed by atoms with Gasteiger partial charge in [0.2, 0.25) is 6.29 Å². The first-order valence-corrected chi connectivity index (χ1v) is 11.5. The topological polar surface area (TPSA) is 242 Å². The van der Waals surface area contributed by atoms with Gasteiger partial charge in [0.15, 0.2) is 12.6 Å². The number of rotatable bonds is 8. The van der Waals surface area contributed by atoms with Crippen molar-refractivity contribution in [3.8, 4) is 0 Å². The van der Waals surface area contributed by atoms with Crippen LogP contribution in [-0.4, -0.2) is 127 Å². The lowest BCUT2D eigenvalue weighted by atomic mass is 9.86. The van der Waals surface area contributed by atoms with E-state index in [1.54, 1.807) is 0 Å². The number of aliphatic hydroxyl groups excluding tert-OH is 6. The highest BCUT2D eigenvalue weighted by Crippen LogP contribution is 2.35. The van der Waals surface area contributed by atoms with E-state index in [-0.39, 0.29) is 11.1 Å². The second-order valence-electron chi connectivity index (χ2n) is 8.95. The number of allylic oxidation sites excluding steroid dienone is 1. The van der Waals surface area contributed by atoms with Crippen molar-refractivity contribution >= 4 is 11.9 Å². The fraction of sp³-hybridized carbons (Fsp3) is 0.727. The Morgan fingerprint density at radius 3 is 2.14 bits per heavy atom. The maximum Gasteiger partial charge on any atom is 0.335 e. The Morgan fingerprint density at radius 2 is 1.54 bits per heavy atom. The summed E-state index contributed by atoms with van der Waals surface area (Å²) in [5.74, 6) is -3.79. The van der Waals surface area contributed by atoms with E-state index in [9.17, 15) is 50.4 Å². The first-order valence-electron chi connectivity index (χ1n) is 11.5. The number of carboxylic acids is 2. The van der Waals surface area contributed by atoms with Gasteiger partial charge in [0, 0.05) is 11.5 Å². The van der Waals surface area contributed by atoms with Crippen molar-refractivity contribution in [1.29, 1.82) is 0 Å². The Balaban J connectivity index is 1.72. The van der Waals surface area contributed by atoms with Crippen LogP contribution in [-0.2, 0) is 33.3 Å². The summed E-state index contributed by atoms with van der Waals surface area (Å²) in [6.45, 7) is 2.43. The van der Waals surface area contributed by atoms with E-state index in [2.05, 4.69) is 0 Å². The van der Waals surface area contributed by atoms with Gasteiger partial charge in [-0.15, -0.1) is 0 Å². The molecule has 210 valence electrons. The van der Waals surface area contributed by atoms with Crippen molar-refractivity contribution in [3.05, 3.63) is 23.5 Å². The van der Waals surface area contributed by atoms with Gasteiger partial charge in [-0.25, -0.2) is 4.79 Å². The highest BCUT2D eigenvalue weighted by Gasteiger charge is 2.48. The molecule has 0 radical (unpaired) electrons. The Kier molecular flexibility index (Phi) is 9.62. The lowest BCUT2D eigenvalue weighted by molar-refractivity contribution is -0.343. The molecule has 15 heteroatoms. The molecule has 0 spiro atoms. The Labute approximate surface area is 210 Å². The quantitative estimate of drug-likeness (QED) is 0.144. The third kappa shape index (κ3) is 6.28. The molecule has 0 saturated carbocycles. The van der Waals surface area contributed by atoms with Crippen molar-refractivity contribution < 1.29 is 74.1 Å². The van der Waals surface area contributed by atoms with E-state index in [1.807, 2.05) is 0 Å². The number of carboxylic acid groups (broad SMARTS) is 2. The van der Waals surface area contributed by atoms with Crippen LogP contribution in [0, 0.1) is 5.92 Å². The molecule has 2 fully saturated rings. The molecule has 0 aromatic rings. The predicted octanol–water partition coefficient (Wildman–Crippen LogP) is -2.98. The van der Waals surface area contributed by atoms with Crippen molar-refractivity contribution in [1.82, 2.24) is 0 Å². The second kappa shape index (κ2) is 12.1. The normalized spacial score (nSPS) is 43.7. The molecule has 3 aliphatic heterocycles. The largest absolute Gasteiger partial charge is 0.481 e. The fourth-order valence-corrected chi connectivity index (χ4v) is 4.32. The zero-order chi connectivity index (χ0) is 27.6. The average molecular weight is 536 g/mol. The van der Waals surface area contributed by atoms with Gasteiger partial charge < -0.3 is 64.5 Å². The molecule has 2 saturated heterocycles. The van der Waals surface area contributed by atoms with Crippen LogP contribution >= 0.6 is 0 Å². The Hall–Kier alpha value is -2.18. The molecule has 0 bridgehead atoms. The fourth-order valence-electron chi connectivity index (χ4n) is 4.32. The maximum atomic E-state index is 11.6. The van der Waals surface area contributed by atoms with Crippen LogP contribution in [0.5, 0.6) is 0 Å². The van der Waals surface area contributed by atoms with Crippen molar-refractivity contribution in [2.75, 3.05) is 6.61 Å². The molecule has 12 atom stereocenters. The molecule has 15 nitrogen and oxygen atoms in total. The van der Waals surface area contributed by atoms with Crippen LogP contribution in [0.15, 0.2) is 23.5 Å². The maximum absolute atomic E-state index is 11.6. The van der Waals surface area contributed by atoms with Gasteiger partial charge >= 0.3 is 11.9 Å². The smallest absolute Gasteiger partial charge is 0.335 e. The predicted molar refractivity (Wildman–Crippen MR) is 116 cm³/mol. The molecule has 37 heavy (non-hydrogen) atoms. The van der Waals surface area contributed by atoms with Gasteiger partial charge in [-0.2, -0.15) is 0 Å². The minimum absolute atomic E-state index is 0.117.